The third-order valence-electron chi connectivity index (χ3n) is 6.14. The molecular weight excluding hydrogens is 531 g/mol. The highest BCUT2D eigenvalue weighted by Crippen LogP contribution is 2.42. The molecule has 4 rings (SSSR count). The number of halogens is 6. The van der Waals surface area contributed by atoms with Gasteiger partial charge in [0.25, 0.3) is 0 Å². The van der Waals surface area contributed by atoms with E-state index in [1.54, 1.807) is 0 Å². The van der Waals surface area contributed by atoms with Gasteiger partial charge in [0, 0.05) is 33.8 Å². The van der Waals surface area contributed by atoms with E-state index in [1.807, 2.05) is 0 Å². The lowest BCUT2D eigenvalue weighted by Crippen LogP contribution is -2.48. The lowest BCUT2D eigenvalue weighted by atomic mass is 10.0. The number of aliphatic hydroxyl groups is 1. The number of aromatic carboxylic acids is 1. The molecule has 192 valence electrons. The van der Waals surface area contributed by atoms with Gasteiger partial charge in [0.2, 0.25) is 5.91 Å². The van der Waals surface area contributed by atoms with Gasteiger partial charge in [-0.15, -0.1) is 0 Å². The summed E-state index contributed by atoms with van der Waals surface area (Å²) in [5, 5.41) is 19.1. The highest BCUT2D eigenvalue weighted by Gasteiger charge is 2.57. The number of carboxylic acid groups (broad SMARTS) is 1. The second-order valence-electron chi connectivity index (χ2n) is 8.38. The standard InChI is InChI=1S/C23H18ClF5N2O4S/c1-11-20(36-15-4-2-3-12(17(15)25)21(33)34)13-5-6-14(24)18(26)19(13)31(11)9-16(32)30-8-7-22(35,10-30)23(27,28)29/h2-6,35H,7-10H2,1H3,(H,33,34). The molecule has 1 fully saturated rings. The van der Waals surface area contributed by atoms with Crippen molar-refractivity contribution in [1.29, 1.82) is 0 Å². The van der Waals surface area contributed by atoms with Crippen molar-refractivity contribution in [2.45, 2.75) is 41.5 Å². The molecule has 3 aromatic rings. The minimum atomic E-state index is -4.92. The Morgan fingerprint density at radius 3 is 2.47 bits per heavy atom. The first-order valence-electron chi connectivity index (χ1n) is 10.5. The van der Waals surface area contributed by atoms with E-state index < -0.39 is 60.4 Å². The molecule has 1 aromatic heterocycles. The van der Waals surface area contributed by atoms with Crippen molar-refractivity contribution in [3.63, 3.8) is 0 Å². The van der Waals surface area contributed by atoms with Crippen molar-refractivity contribution in [1.82, 2.24) is 9.47 Å². The largest absolute Gasteiger partial charge is 0.478 e. The number of carbonyl (C=O) groups excluding carboxylic acids is 1. The van der Waals surface area contributed by atoms with Gasteiger partial charge in [-0.1, -0.05) is 29.4 Å². The fourth-order valence-corrected chi connectivity index (χ4v) is 5.39. The highest BCUT2D eigenvalue weighted by atomic mass is 35.5. The summed E-state index contributed by atoms with van der Waals surface area (Å²) in [6.07, 6.45) is -5.61. The van der Waals surface area contributed by atoms with Crippen LogP contribution in [0.15, 0.2) is 40.1 Å². The Morgan fingerprint density at radius 2 is 1.86 bits per heavy atom. The fraction of sp³-hybridized carbons (Fsp3) is 0.304. The van der Waals surface area contributed by atoms with Gasteiger partial charge < -0.3 is 19.7 Å². The minimum Gasteiger partial charge on any atom is -0.478 e. The van der Waals surface area contributed by atoms with Crippen molar-refractivity contribution in [2.75, 3.05) is 13.1 Å². The van der Waals surface area contributed by atoms with Gasteiger partial charge >= 0.3 is 12.1 Å². The first-order chi connectivity index (χ1) is 16.7. The minimum absolute atomic E-state index is 0.0616. The predicted molar refractivity (Wildman–Crippen MR) is 121 cm³/mol. The Kier molecular flexibility index (Phi) is 6.73. The van der Waals surface area contributed by atoms with E-state index in [1.165, 1.54) is 35.8 Å². The maximum atomic E-state index is 15.1. The number of aromatic nitrogens is 1. The Hall–Kier alpha value is -2.83. The lowest BCUT2D eigenvalue weighted by Gasteiger charge is -2.26. The molecule has 0 bridgehead atoms. The third-order valence-corrected chi connectivity index (χ3v) is 7.69. The van der Waals surface area contributed by atoms with E-state index in [9.17, 15) is 37.4 Å². The summed E-state index contributed by atoms with van der Waals surface area (Å²) in [6, 6.07) is 6.50. The van der Waals surface area contributed by atoms with Crippen molar-refractivity contribution < 1.29 is 41.8 Å². The summed E-state index contributed by atoms with van der Waals surface area (Å²) in [5.74, 6) is -4.14. The number of rotatable bonds is 5. The number of amides is 1. The number of alkyl halides is 3. The number of likely N-dealkylation sites (tertiary alicyclic amines) is 1. The quantitative estimate of drug-likeness (QED) is 0.425. The zero-order chi connectivity index (χ0) is 26.6. The molecule has 0 spiro atoms. The number of carboxylic acids is 1. The number of fused-ring (bicyclic) bond motifs is 1. The van der Waals surface area contributed by atoms with E-state index in [0.29, 0.717) is 4.90 Å². The van der Waals surface area contributed by atoms with Gasteiger partial charge in [-0.25, -0.2) is 13.6 Å². The van der Waals surface area contributed by atoms with E-state index in [4.69, 9.17) is 11.6 Å². The summed E-state index contributed by atoms with van der Waals surface area (Å²) in [7, 11) is 0. The summed E-state index contributed by atoms with van der Waals surface area (Å²) in [5.41, 5.74) is -3.42. The molecule has 1 aliphatic heterocycles. The molecule has 36 heavy (non-hydrogen) atoms. The second-order valence-corrected chi connectivity index (χ2v) is 9.84. The second kappa shape index (κ2) is 9.24. The summed E-state index contributed by atoms with van der Waals surface area (Å²) in [4.78, 5) is 25.3. The van der Waals surface area contributed by atoms with Crippen LogP contribution in [0.2, 0.25) is 5.02 Å². The predicted octanol–water partition coefficient (Wildman–Crippen LogP) is 5.26. The van der Waals surface area contributed by atoms with Crippen molar-refractivity contribution in [3.8, 4) is 0 Å². The fourth-order valence-electron chi connectivity index (χ4n) is 4.14. The molecule has 1 atom stereocenters. The van der Waals surface area contributed by atoms with Gasteiger partial charge in [-0.2, -0.15) is 13.2 Å². The van der Waals surface area contributed by atoms with Crippen LogP contribution in [0.25, 0.3) is 10.9 Å². The lowest BCUT2D eigenvalue weighted by molar-refractivity contribution is -0.253. The molecule has 2 aromatic carbocycles. The molecule has 1 amide bonds. The van der Waals surface area contributed by atoms with E-state index >= 15 is 4.39 Å². The zero-order valence-corrected chi connectivity index (χ0v) is 20.1. The van der Waals surface area contributed by atoms with Crippen molar-refractivity contribution in [2.24, 2.45) is 0 Å². The van der Waals surface area contributed by atoms with Crippen LogP contribution in [-0.4, -0.2) is 56.4 Å². The monoisotopic (exact) mass is 548 g/mol. The molecule has 1 saturated heterocycles. The number of hydrogen-bond acceptors (Lipinski definition) is 4. The highest BCUT2D eigenvalue weighted by molar-refractivity contribution is 7.99. The Labute approximate surface area is 210 Å². The SMILES string of the molecule is Cc1c(Sc2cccc(C(=O)O)c2F)c2ccc(Cl)c(F)c2n1CC(=O)N1CCC(O)(C(F)(F)F)C1. The van der Waals surface area contributed by atoms with Crippen LogP contribution in [-0.2, 0) is 11.3 Å². The zero-order valence-electron chi connectivity index (χ0n) is 18.5. The molecular formula is C23H18ClF5N2O4S. The summed E-state index contributed by atoms with van der Waals surface area (Å²) in [6.45, 7) is -0.347. The van der Waals surface area contributed by atoms with Gasteiger partial charge in [0.1, 0.15) is 6.54 Å². The summed E-state index contributed by atoms with van der Waals surface area (Å²) < 4.78 is 70.7. The average molecular weight is 549 g/mol. The van der Waals surface area contributed by atoms with Crippen LogP contribution in [0.3, 0.4) is 0 Å². The molecule has 13 heteroatoms. The average Bonchev–Trinajstić information content (AvgIpc) is 3.32. The Morgan fingerprint density at radius 1 is 1.17 bits per heavy atom. The molecule has 0 aliphatic carbocycles. The van der Waals surface area contributed by atoms with Crippen LogP contribution >= 0.6 is 23.4 Å². The Bertz CT molecular complexity index is 1390. The third kappa shape index (κ3) is 4.41. The van der Waals surface area contributed by atoms with E-state index in [2.05, 4.69) is 0 Å². The van der Waals surface area contributed by atoms with E-state index in [0.717, 1.165) is 22.7 Å². The van der Waals surface area contributed by atoms with Gasteiger partial charge in [0.05, 0.1) is 22.6 Å². The van der Waals surface area contributed by atoms with Crippen LogP contribution in [0.1, 0.15) is 22.5 Å². The topological polar surface area (TPSA) is 82.8 Å². The first-order valence-corrected chi connectivity index (χ1v) is 11.7. The maximum Gasteiger partial charge on any atom is 0.419 e. The van der Waals surface area contributed by atoms with Gasteiger partial charge in [-0.3, -0.25) is 4.79 Å². The number of hydrogen-bond donors (Lipinski definition) is 2. The van der Waals surface area contributed by atoms with Gasteiger partial charge in [-0.05, 0) is 31.2 Å². The molecule has 0 radical (unpaired) electrons. The smallest absolute Gasteiger partial charge is 0.419 e. The number of benzene rings is 2. The normalized spacial score (nSPS) is 18.3. The number of nitrogens with zero attached hydrogens (tertiary/aromatic N) is 2. The molecule has 1 aliphatic rings. The maximum absolute atomic E-state index is 15.1. The van der Waals surface area contributed by atoms with Gasteiger partial charge in [0.15, 0.2) is 17.2 Å². The number of carbonyl (C=O) groups is 2. The van der Waals surface area contributed by atoms with Crippen LogP contribution in [0.5, 0.6) is 0 Å². The Balaban J connectivity index is 1.74. The van der Waals surface area contributed by atoms with E-state index in [-0.39, 0.29) is 33.1 Å². The van der Waals surface area contributed by atoms with Crippen LogP contribution < -0.4 is 0 Å². The summed E-state index contributed by atoms with van der Waals surface area (Å²) >= 11 is 6.76. The number of β-amino-alcohol motifs (C(OH)–C–C–N with tert-alkyl or cyclic N) is 1. The molecule has 2 heterocycles. The molecule has 6 nitrogen and oxygen atoms in total. The van der Waals surface area contributed by atoms with Crippen LogP contribution in [0.4, 0.5) is 22.0 Å². The van der Waals surface area contributed by atoms with Crippen molar-refractivity contribution >= 4 is 46.1 Å². The molecule has 2 N–H and O–H groups in total. The first kappa shape index (κ1) is 26.2. The van der Waals surface area contributed by atoms with Crippen molar-refractivity contribution in [3.05, 3.63) is 58.2 Å². The molecule has 0 saturated carbocycles. The molecule has 1 unspecified atom stereocenters. The van der Waals surface area contributed by atoms with Crippen LogP contribution in [0, 0.1) is 18.6 Å².